The molecule has 0 atom stereocenters. The lowest BCUT2D eigenvalue weighted by atomic mass is 9.96. The van der Waals surface area contributed by atoms with Gasteiger partial charge in [-0.15, -0.1) is 0 Å². The summed E-state index contributed by atoms with van der Waals surface area (Å²) in [5.74, 6) is -0.268. The molecule has 1 fully saturated rings. The number of ether oxygens (including phenoxy) is 1. The van der Waals surface area contributed by atoms with Gasteiger partial charge in [0, 0.05) is 31.2 Å². The first kappa shape index (κ1) is 28.2. The minimum Gasteiger partial charge on any atom is -0.492 e. The SMILES string of the molecule is CCOc1cccc2sc(N(CCn3nc(C)cc3C)C(=O)C3CCN(S(=O)(=O)c4ccc(F)cc4)CC3)nc12. The number of carbonyl (C=O) groups is 1. The number of amides is 1. The summed E-state index contributed by atoms with van der Waals surface area (Å²) in [6, 6.07) is 12.6. The average Bonchev–Trinajstić information content (AvgIpc) is 3.51. The summed E-state index contributed by atoms with van der Waals surface area (Å²) in [7, 11) is -3.77. The van der Waals surface area contributed by atoms with Crippen LogP contribution in [0.5, 0.6) is 5.75 Å². The number of hydrogen-bond acceptors (Lipinski definition) is 7. The first-order valence-corrected chi connectivity index (χ1v) is 15.5. The molecule has 0 unspecified atom stereocenters. The van der Waals surface area contributed by atoms with E-state index in [1.807, 2.05) is 49.7 Å². The second-order valence-electron chi connectivity index (χ2n) is 9.80. The highest BCUT2D eigenvalue weighted by Crippen LogP contribution is 2.36. The molecule has 0 saturated carbocycles. The third kappa shape index (κ3) is 5.74. The van der Waals surface area contributed by atoms with Gasteiger partial charge in [0.05, 0.1) is 28.4 Å². The van der Waals surface area contributed by atoms with Crippen molar-refractivity contribution in [3.8, 4) is 5.75 Å². The van der Waals surface area contributed by atoms with Crippen molar-refractivity contribution in [3.05, 3.63) is 65.7 Å². The van der Waals surface area contributed by atoms with Crippen molar-refractivity contribution in [1.29, 1.82) is 0 Å². The van der Waals surface area contributed by atoms with Gasteiger partial charge in [-0.25, -0.2) is 17.8 Å². The number of hydrogen-bond donors (Lipinski definition) is 0. The highest BCUT2D eigenvalue weighted by molar-refractivity contribution is 7.89. The predicted molar refractivity (Wildman–Crippen MR) is 153 cm³/mol. The van der Waals surface area contributed by atoms with Crippen LogP contribution in [0.2, 0.25) is 0 Å². The van der Waals surface area contributed by atoms with Crippen LogP contribution in [-0.2, 0) is 21.4 Å². The van der Waals surface area contributed by atoms with Gasteiger partial charge in [-0.2, -0.15) is 9.40 Å². The number of benzene rings is 2. The van der Waals surface area contributed by atoms with Crippen molar-refractivity contribution >= 4 is 42.6 Å². The molecule has 4 aromatic rings. The molecule has 1 saturated heterocycles. The Morgan fingerprint density at radius 1 is 1.15 bits per heavy atom. The number of sulfonamides is 1. The zero-order valence-corrected chi connectivity index (χ0v) is 24.3. The Morgan fingerprint density at radius 3 is 2.52 bits per heavy atom. The van der Waals surface area contributed by atoms with E-state index in [1.54, 1.807) is 4.90 Å². The maximum atomic E-state index is 14.0. The molecule has 9 nitrogen and oxygen atoms in total. The Morgan fingerprint density at radius 2 is 1.88 bits per heavy atom. The largest absolute Gasteiger partial charge is 0.492 e. The number of rotatable bonds is 9. The van der Waals surface area contributed by atoms with Crippen molar-refractivity contribution in [2.75, 3.05) is 31.1 Å². The second-order valence-corrected chi connectivity index (χ2v) is 12.8. The van der Waals surface area contributed by atoms with Gasteiger partial charge >= 0.3 is 0 Å². The van der Waals surface area contributed by atoms with Gasteiger partial charge in [0.15, 0.2) is 5.13 Å². The highest BCUT2D eigenvalue weighted by Gasteiger charge is 2.35. The maximum absolute atomic E-state index is 14.0. The van der Waals surface area contributed by atoms with Gasteiger partial charge in [-0.3, -0.25) is 14.4 Å². The fourth-order valence-electron chi connectivity index (χ4n) is 5.01. The summed E-state index contributed by atoms with van der Waals surface area (Å²) in [5, 5.41) is 5.12. The number of thiazole rings is 1. The molecule has 0 radical (unpaired) electrons. The van der Waals surface area contributed by atoms with Crippen LogP contribution in [0.4, 0.5) is 9.52 Å². The Balaban J connectivity index is 1.37. The zero-order chi connectivity index (χ0) is 28.4. The quantitative estimate of drug-likeness (QED) is 0.280. The zero-order valence-electron chi connectivity index (χ0n) is 22.7. The van der Waals surface area contributed by atoms with Crippen LogP contribution < -0.4 is 9.64 Å². The molecule has 1 aliphatic heterocycles. The molecule has 3 heterocycles. The van der Waals surface area contributed by atoms with Gasteiger partial charge < -0.3 is 4.74 Å². The number of nitrogens with zero attached hydrogens (tertiary/aromatic N) is 5. The smallest absolute Gasteiger partial charge is 0.243 e. The molecular formula is C28H32FN5O4S2. The van der Waals surface area contributed by atoms with E-state index in [1.165, 1.54) is 27.8 Å². The number of carbonyl (C=O) groups excluding carboxylic acids is 1. The van der Waals surface area contributed by atoms with Gasteiger partial charge in [0.25, 0.3) is 0 Å². The van der Waals surface area contributed by atoms with E-state index < -0.39 is 15.8 Å². The Hall–Kier alpha value is -3.35. The summed E-state index contributed by atoms with van der Waals surface area (Å²) in [6.45, 7) is 7.62. The fraction of sp³-hybridized carbons (Fsp3) is 0.393. The number of aromatic nitrogens is 3. The van der Waals surface area contributed by atoms with Crippen LogP contribution in [0.3, 0.4) is 0 Å². The molecular weight excluding hydrogens is 553 g/mol. The lowest BCUT2D eigenvalue weighted by Gasteiger charge is -2.33. The maximum Gasteiger partial charge on any atom is 0.243 e. The van der Waals surface area contributed by atoms with Crippen LogP contribution in [-0.4, -0.2) is 59.6 Å². The van der Waals surface area contributed by atoms with Crippen LogP contribution in [0.15, 0.2) is 53.4 Å². The molecule has 2 aromatic heterocycles. The number of aryl methyl sites for hydroxylation is 2. The fourth-order valence-corrected chi connectivity index (χ4v) is 7.50. The molecule has 2 aromatic carbocycles. The van der Waals surface area contributed by atoms with E-state index in [0.29, 0.717) is 48.9 Å². The minimum absolute atomic E-state index is 0.0461. The van der Waals surface area contributed by atoms with E-state index in [4.69, 9.17) is 9.72 Å². The number of para-hydroxylation sites is 1. The molecule has 12 heteroatoms. The molecule has 0 aliphatic carbocycles. The number of piperidine rings is 1. The van der Waals surface area contributed by atoms with E-state index in [2.05, 4.69) is 5.10 Å². The number of fused-ring (bicyclic) bond motifs is 1. The van der Waals surface area contributed by atoms with E-state index >= 15 is 0 Å². The summed E-state index contributed by atoms with van der Waals surface area (Å²) in [5.41, 5.74) is 2.63. The van der Waals surface area contributed by atoms with Crippen molar-refractivity contribution in [2.45, 2.75) is 45.1 Å². The highest BCUT2D eigenvalue weighted by atomic mass is 32.2. The second kappa shape index (κ2) is 11.6. The Labute approximate surface area is 237 Å². The van der Waals surface area contributed by atoms with Crippen LogP contribution in [0, 0.1) is 25.6 Å². The summed E-state index contributed by atoms with van der Waals surface area (Å²) in [4.78, 5) is 20.6. The van der Waals surface area contributed by atoms with Crippen molar-refractivity contribution in [2.24, 2.45) is 5.92 Å². The first-order chi connectivity index (χ1) is 19.2. The topological polar surface area (TPSA) is 97.6 Å². The number of anilines is 1. The molecule has 0 bridgehead atoms. The summed E-state index contributed by atoms with van der Waals surface area (Å²) in [6.07, 6.45) is 0.759. The van der Waals surface area contributed by atoms with E-state index in [0.717, 1.165) is 28.2 Å². The Bertz CT molecular complexity index is 1610. The molecule has 5 rings (SSSR count). The van der Waals surface area contributed by atoms with Crippen LogP contribution in [0.1, 0.15) is 31.2 Å². The van der Waals surface area contributed by atoms with E-state index in [9.17, 15) is 17.6 Å². The lowest BCUT2D eigenvalue weighted by molar-refractivity contribution is -0.123. The van der Waals surface area contributed by atoms with Gasteiger partial charge in [-0.05, 0) is 76.1 Å². The number of halogens is 1. The molecule has 40 heavy (non-hydrogen) atoms. The minimum atomic E-state index is -3.77. The monoisotopic (exact) mass is 585 g/mol. The summed E-state index contributed by atoms with van der Waals surface area (Å²) < 4.78 is 49.4. The third-order valence-electron chi connectivity index (χ3n) is 7.06. The normalized spacial score (nSPS) is 15.0. The van der Waals surface area contributed by atoms with Crippen molar-refractivity contribution < 1.29 is 22.3 Å². The Kier molecular flexibility index (Phi) is 8.20. The third-order valence-corrected chi connectivity index (χ3v) is 10.0. The van der Waals surface area contributed by atoms with E-state index in [-0.39, 0.29) is 29.8 Å². The first-order valence-electron chi connectivity index (χ1n) is 13.3. The lowest BCUT2D eigenvalue weighted by Crippen LogP contribution is -2.45. The standard InChI is InChI=1S/C28H32FN5O4S2/c1-4-38-24-6-5-7-25-26(24)30-28(39-25)33(16-17-34-20(3)18-19(2)31-34)27(35)21-12-14-32(15-13-21)40(36,37)23-10-8-22(29)9-11-23/h5-11,18,21H,4,12-17H2,1-3H3. The van der Waals surface area contributed by atoms with Crippen LogP contribution in [0.25, 0.3) is 10.2 Å². The van der Waals surface area contributed by atoms with Crippen molar-refractivity contribution in [1.82, 2.24) is 19.1 Å². The molecule has 0 spiro atoms. The van der Waals surface area contributed by atoms with Gasteiger partial charge in [0.1, 0.15) is 17.1 Å². The molecule has 0 N–H and O–H groups in total. The van der Waals surface area contributed by atoms with Crippen LogP contribution >= 0.6 is 11.3 Å². The average molecular weight is 586 g/mol. The van der Waals surface area contributed by atoms with Gasteiger partial charge in [0.2, 0.25) is 15.9 Å². The summed E-state index contributed by atoms with van der Waals surface area (Å²) >= 11 is 1.43. The molecule has 1 amide bonds. The van der Waals surface area contributed by atoms with Gasteiger partial charge in [-0.1, -0.05) is 17.4 Å². The predicted octanol–water partition coefficient (Wildman–Crippen LogP) is 4.78. The molecule has 212 valence electrons. The molecule has 1 aliphatic rings. The van der Waals surface area contributed by atoms with Crippen molar-refractivity contribution in [3.63, 3.8) is 0 Å².